The smallest absolute Gasteiger partial charge is 0.233 e. The Labute approximate surface area is 188 Å². The van der Waals surface area contributed by atoms with Crippen molar-refractivity contribution in [3.05, 3.63) is 77.6 Å². The predicted molar refractivity (Wildman–Crippen MR) is 124 cm³/mol. The van der Waals surface area contributed by atoms with Crippen molar-refractivity contribution in [2.24, 2.45) is 7.05 Å². The Morgan fingerprint density at radius 3 is 2.03 bits per heavy atom. The van der Waals surface area contributed by atoms with Crippen molar-refractivity contribution < 1.29 is 4.79 Å². The highest BCUT2D eigenvalue weighted by Gasteiger charge is 2.28. The minimum atomic E-state index is 0.168. The molecule has 0 atom stereocenters. The molecule has 1 fully saturated rings. The van der Waals surface area contributed by atoms with E-state index in [4.69, 9.17) is 0 Å². The third-order valence-corrected chi connectivity index (χ3v) is 6.83. The van der Waals surface area contributed by atoms with Crippen LogP contribution in [0.25, 0.3) is 0 Å². The van der Waals surface area contributed by atoms with Crippen LogP contribution in [-0.4, -0.2) is 62.4 Å². The van der Waals surface area contributed by atoms with Gasteiger partial charge in [0.25, 0.3) is 0 Å². The molecule has 1 aromatic heterocycles. The second-order valence-corrected chi connectivity index (χ2v) is 8.68. The Bertz CT molecular complexity index is 944. The van der Waals surface area contributed by atoms with E-state index < -0.39 is 0 Å². The second-order valence-electron chi connectivity index (χ2n) is 7.74. The molecule has 0 N–H and O–H groups in total. The fourth-order valence-corrected chi connectivity index (χ4v) is 4.94. The van der Waals surface area contributed by atoms with Crippen LogP contribution in [0.4, 0.5) is 0 Å². The van der Waals surface area contributed by atoms with E-state index in [1.807, 2.05) is 16.5 Å². The number of carbonyl (C=O) groups excluding carboxylic acids is 1. The van der Waals surface area contributed by atoms with E-state index in [9.17, 15) is 4.79 Å². The van der Waals surface area contributed by atoms with Gasteiger partial charge in [0.1, 0.15) is 5.82 Å². The molecule has 162 valence electrons. The molecule has 0 radical (unpaired) electrons. The Morgan fingerprint density at radius 1 is 0.935 bits per heavy atom. The van der Waals surface area contributed by atoms with E-state index in [-0.39, 0.29) is 11.9 Å². The lowest BCUT2D eigenvalue weighted by Gasteiger charge is -2.39. The molecule has 2 aromatic carbocycles. The van der Waals surface area contributed by atoms with Gasteiger partial charge in [-0.3, -0.25) is 9.69 Å². The van der Waals surface area contributed by atoms with Crippen molar-refractivity contribution in [3.8, 4) is 0 Å². The van der Waals surface area contributed by atoms with Gasteiger partial charge in [0.2, 0.25) is 5.91 Å². The summed E-state index contributed by atoms with van der Waals surface area (Å²) in [6.07, 6.45) is 0.837. The molecular weight excluding hydrogens is 406 g/mol. The van der Waals surface area contributed by atoms with Gasteiger partial charge in [-0.05, 0) is 11.1 Å². The number of aromatic nitrogens is 3. The fourth-order valence-electron chi connectivity index (χ4n) is 4.11. The number of hydrogen-bond acceptors (Lipinski definition) is 5. The summed E-state index contributed by atoms with van der Waals surface area (Å²) in [5.41, 5.74) is 2.58. The Hall–Kier alpha value is -2.64. The number of benzene rings is 2. The number of thioether (sulfide) groups is 1. The maximum Gasteiger partial charge on any atom is 0.233 e. The number of carbonyl (C=O) groups is 1. The summed E-state index contributed by atoms with van der Waals surface area (Å²) in [4.78, 5) is 17.3. The zero-order valence-corrected chi connectivity index (χ0v) is 19.0. The zero-order valence-electron chi connectivity index (χ0n) is 18.1. The summed E-state index contributed by atoms with van der Waals surface area (Å²) >= 11 is 1.47. The van der Waals surface area contributed by atoms with Crippen molar-refractivity contribution >= 4 is 17.7 Å². The third-order valence-electron chi connectivity index (χ3n) is 5.83. The largest absolute Gasteiger partial charge is 0.339 e. The van der Waals surface area contributed by atoms with Crippen LogP contribution in [-0.2, 0) is 18.3 Å². The van der Waals surface area contributed by atoms with Crippen molar-refractivity contribution in [1.82, 2.24) is 24.6 Å². The second kappa shape index (κ2) is 10.1. The number of rotatable bonds is 7. The molecule has 1 saturated heterocycles. The van der Waals surface area contributed by atoms with Crippen LogP contribution >= 0.6 is 11.8 Å². The van der Waals surface area contributed by atoms with Crippen LogP contribution in [0.3, 0.4) is 0 Å². The van der Waals surface area contributed by atoms with Crippen LogP contribution in [0.15, 0.2) is 65.8 Å². The highest BCUT2D eigenvalue weighted by molar-refractivity contribution is 7.99. The molecule has 1 aliphatic rings. The molecule has 4 rings (SSSR count). The molecule has 31 heavy (non-hydrogen) atoms. The van der Waals surface area contributed by atoms with Crippen LogP contribution in [0.5, 0.6) is 0 Å². The van der Waals surface area contributed by atoms with Crippen molar-refractivity contribution in [2.75, 3.05) is 31.9 Å². The van der Waals surface area contributed by atoms with Crippen LogP contribution in [0, 0.1) is 0 Å². The number of amides is 1. The summed E-state index contributed by atoms with van der Waals surface area (Å²) in [5.74, 6) is 1.51. The third kappa shape index (κ3) is 4.99. The zero-order chi connectivity index (χ0) is 21.6. The first-order chi connectivity index (χ1) is 15.2. The number of nitrogens with zero attached hydrogens (tertiary/aromatic N) is 5. The van der Waals surface area contributed by atoms with Gasteiger partial charge in [-0.1, -0.05) is 79.3 Å². The standard InChI is InChI=1S/C24H29N5OS/c1-3-21-25-26-24(27(21)2)31-18-22(30)28-14-16-29(17-15-28)23(19-10-6-4-7-11-19)20-12-8-5-9-13-20/h4-13,23H,3,14-18H2,1-2H3. The monoisotopic (exact) mass is 435 g/mol. The van der Waals surface area contributed by atoms with E-state index in [2.05, 4.69) is 82.7 Å². The highest BCUT2D eigenvalue weighted by Crippen LogP contribution is 2.29. The lowest BCUT2D eigenvalue weighted by molar-refractivity contribution is -0.130. The van der Waals surface area contributed by atoms with Gasteiger partial charge in [0.05, 0.1) is 11.8 Å². The maximum atomic E-state index is 12.8. The van der Waals surface area contributed by atoms with Gasteiger partial charge in [-0.2, -0.15) is 0 Å². The highest BCUT2D eigenvalue weighted by atomic mass is 32.2. The molecule has 0 saturated carbocycles. The average molecular weight is 436 g/mol. The van der Waals surface area contributed by atoms with Crippen LogP contribution in [0.2, 0.25) is 0 Å². The summed E-state index contributed by atoms with van der Waals surface area (Å²) < 4.78 is 1.97. The normalized spacial score (nSPS) is 14.9. The maximum absolute atomic E-state index is 12.8. The Balaban J connectivity index is 1.38. The van der Waals surface area contributed by atoms with Crippen LogP contribution in [0.1, 0.15) is 29.9 Å². The first-order valence-electron chi connectivity index (χ1n) is 10.8. The number of aryl methyl sites for hydroxylation is 1. The van der Waals surface area contributed by atoms with Gasteiger partial charge in [0, 0.05) is 39.6 Å². The lowest BCUT2D eigenvalue weighted by atomic mass is 9.96. The van der Waals surface area contributed by atoms with Crippen molar-refractivity contribution in [3.63, 3.8) is 0 Å². The molecule has 6 nitrogen and oxygen atoms in total. The van der Waals surface area contributed by atoms with Gasteiger partial charge >= 0.3 is 0 Å². The minimum absolute atomic E-state index is 0.168. The van der Waals surface area contributed by atoms with E-state index in [1.54, 1.807) is 0 Å². The van der Waals surface area contributed by atoms with Gasteiger partial charge in [-0.25, -0.2) is 0 Å². The quantitative estimate of drug-likeness (QED) is 0.533. The minimum Gasteiger partial charge on any atom is -0.339 e. The summed E-state index contributed by atoms with van der Waals surface area (Å²) in [5, 5.41) is 9.18. The van der Waals surface area contributed by atoms with Crippen LogP contribution < -0.4 is 0 Å². The Kier molecular flexibility index (Phi) is 7.04. The first-order valence-corrected chi connectivity index (χ1v) is 11.8. The predicted octanol–water partition coefficient (Wildman–Crippen LogP) is 3.40. The van der Waals surface area contributed by atoms with E-state index in [0.717, 1.165) is 43.6 Å². The van der Waals surface area contributed by atoms with E-state index in [0.29, 0.717) is 5.75 Å². The summed E-state index contributed by atoms with van der Waals surface area (Å²) in [7, 11) is 1.96. The van der Waals surface area contributed by atoms with Crippen molar-refractivity contribution in [2.45, 2.75) is 24.5 Å². The molecule has 0 unspecified atom stereocenters. The SMILES string of the molecule is CCc1nnc(SCC(=O)N2CCN(C(c3ccccc3)c3ccccc3)CC2)n1C. The average Bonchev–Trinajstić information content (AvgIpc) is 3.19. The topological polar surface area (TPSA) is 54.3 Å². The molecule has 3 aromatic rings. The Morgan fingerprint density at radius 2 is 1.52 bits per heavy atom. The summed E-state index contributed by atoms with van der Waals surface area (Å²) in [6.45, 7) is 5.26. The molecular formula is C24H29N5OS. The lowest BCUT2D eigenvalue weighted by Crippen LogP contribution is -2.50. The van der Waals surface area contributed by atoms with E-state index in [1.165, 1.54) is 22.9 Å². The number of piperazine rings is 1. The molecule has 0 bridgehead atoms. The number of hydrogen-bond donors (Lipinski definition) is 0. The summed E-state index contributed by atoms with van der Waals surface area (Å²) in [6, 6.07) is 21.5. The molecule has 1 amide bonds. The molecule has 0 spiro atoms. The fraction of sp³-hybridized carbons (Fsp3) is 0.375. The van der Waals surface area contributed by atoms with Crippen molar-refractivity contribution in [1.29, 1.82) is 0 Å². The molecule has 7 heteroatoms. The molecule has 1 aliphatic heterocycles. The van der Waals surface area contributed by atoms with E-state index >= 15 is 0 Å². The first kappa shape index (κ1) is 21.6. The molecule has 2 heterocycles. The molecule has 0 aliphatic carbocycles. The van der Waals surface area contributed by atoms with Gasteiger partial charge in [-0.15, -0.1) is 10.2 Å². The van der Waals surface area contributed by atoms with Gasteiger partial charge in [0.15, 0.2) is 5.16 Å². The van der Waals surface area contributed by atoms with Gasteiger partial charge < -0.3 is 9.47 Å².